The molecule has 14 heteroatoms. The molecule has 2 N–H and O–H groups in total. The van der Waals surface area contributed by atoms with Gasteiger partial charge in [-0.3, -0.25) is 0 Å². The lowest BCUT2D eigenvalue weighted by Crippen LogP contribution is -2.10. The molecule has 4 rings (SSSR count). The van der Waals surface area contributed by atoms with E-state index in [0.29, 0.717) is 6.07 Å². The summed E-state index contributed by atoms with van der Waals surface area (Å²) in [5, 5.41) is 0. The maximum absolute atomic E-state index is 14.5. The summed E-state index contributed by atoms with van der Waals surface area (Å²) in [6, 6.07) is 9.04. The van der Waals surface area contributed by atoms with Crippen molar-refractivity contribution in [2.24, 2.45) is 0 Å². The first kappa shape index (κ1) is 34.0. The Morgan fingerprint density at radius 2 is 1.02 bits per heavy atom. The Morgan fingerprint density at radius 3 is 1.45 bits per heavy atom. The molecular formula is C30H22F6INO6. The van der Waals surface area contributed by atoms with Crippen LogP contribution >= 0.6 is 22.6 Å². The standard InChI is InChI=1S/C15H10F3IO3.C15H12F3NO3/c2*1-21-10-5-3-4-8(16)11(10)12-9(17)6-7(15(20)22-2)14(19)13(12)18/h3-6H,1-2H3;3-6H,19H2,1-2H3. The third-order valence-electron chi connectivity index (χ3n) is 6.12. The summed E-state index contributed by atoms with van der Waals surface area (Å²) < 4.78 is 104. The summed E-state index contributed by atoms with van der Waals surface area (Å²) in [6.07, 6.45) is 0. The molecule has 0 saturated carbocycles. The van der Waals surface area contributed by atoms with Crippen LogP contribution in [-0.2, 0) is 9.47 Å². The minimum Gasteiger partial charge on any atom is -0.496 e. The number of ether oxygens (including phenoxy) is 4. The van der Waals surface area contributed by atoms with Crippen LogP contribution < -0.4 is 15.2 Å². The summed E-state index contributed by atoms with van der Waals surface area (Å²) in [5.41, 5.74) is 2.08. The molecule has 4 aromatic rings. The van der Waals surface area contributed by atoms with E-state index in [1.807, 2.05) is 0 Å². The van der Waals surface area contributed by atoms with Gasteiger partial charge in [-0.25, -0.2) is 35.9 Å². The lowest BCUT2D eigenvalue weighted by Gasteiger charge is -2.14. The molecule has 0 amide bonds. The quantitative estimate of drug-likeness (QED) is 0.0730. The van der Waals surface area contributed by atoms with Gasteiger partial charge in [-0.2, -0.15) is 0 Å². The van der Waals surface area contributed by atoms with Crippen LogP contribution in [0.5, 0.6) is 11.5 Å². The van der Waals surface area contributed by atoms with Crippen LogP contribution in [0.3, 0.4) is 0 Å². The van der Waals surface area contributed by atoms with Crippen LogP contribution in [0.1, 0.15) is 20.7 Å². The molecule has 0 aliphatic heterocycles. The predicted molar refractivity (Wildman–Crippen MR) is 156 cm³/mol. The molecule has 4 aromatic carbocycles. The molecule has 0 unspecified atom stereocenters. The van der Waals surface area contributed by atoms with Crippen molar-refractivity contribution in [3.05, 3.63) is 98.1 Å². The molecule has 7 nitrogen and oxygen atoms in total. The van der Waals surface area contributed by atoms with Gasteiger partial charge in [-0.1, -0.05) is 12.1 Å². The molecule has 0 fully saturated rings. The zero-order chi connectivity index (χ0) is 32.9. The molecule has 0 saturated heterocycles. The second-order valence-corrected chi connectivity index (χ2v) is 9.61. The number of carbonyl (C=O) groups is 2. The van der Waals surface area contributed by atoms with E-state index in [2.05, 4.69) is 9.47 Å². The van der Waals surface area contributed by atoms with Gasteiger partial charge in [0, 0.05) is 0 Å². The van der Waals surface area contributed by atoms with Gasteiger partial charge in [-0.15, -0.1) is 0 Å². The van der Waals surface area contributed by atoms with E-state index in [1.165, 1.54) is 38.5 Å². The number of nitrogens with two attached hydrogens (primary N) is 1. The SMILES string of the molecule is COC(=O)c1cc(F)c(-c2c(F)cccc2OC)c(F)c1I.COC(=O)c1cc(F)c(-c2c(F)cccc2OC)c(F)c1N. The summed E-state index contributed by atoms with van der Waals surface area (Å²) >= 11 is 1.54. The van der Waals surface area contributed by atoms with Gasteiger partial charge in [0.25, 0.3) is 0 Å². The molecule has 232 valence electrons. The fourth-order valence-corrected chi connectivity index (χ4v) is 4.70. The highest BCUT2D eigenvalue weighted by atomic mass is 127. The molecule has 0 atom stereocenters. The van der Waals surface area contributed by atoms with Gasteiger partial charge in [0.1, 0.15) is 40.6 Å². The number of benzene rings is 4. The lowest BCUT2D eigenvalue weighted by molar-refractivity contribution is 0.0591. The third kappa shape index (κ3) is 6.54. The summed E-state index contributed by atoms with van der Waals surface area (Å²) in [5.74, 6) is -8.23. The van der Waals surface area contributed by atoms with Crippen molar-refractivity contribution in [3.8, 4) is 33.8 Å². The Labute approximate surface area is 260 Å². The van der Waals surface area contributed by atoms with E-state index < -0.39 is 74.8 Å². The Balaban J connectivity index is 0.000000240. The average molecular weight is 733 g/mol. The van der Waals surface area contributed by atoms with Gasteiger partial charge in [0.05, 0.1) is 71.1 Å². The normalized spacial score (nSPS) is 10.4. The molecule has 0 aromatic heterocycles. The number of anilines is 1. The fraction of sp³-hybridized carbons (Fsp3) is 0.133. The Morgan fingerprint density at radius 1 is 0.614 bits per heavy atom. The molecular weight excluding hydrogens is 711 g/mol. The number of nitrogen functional groups attached to an aromatic ring is 1. The number of methoxy groups -OCH3 is 4. The van der Waals surface area contributed by atoms with E-state index in [0.717, 1.165) is 32.4 Å². The topological polar surface area (TPSA) is 97.1 Å². The average Bonchev–Trinajstić information content (AvgIpc) is 3.01. The number of halogens is 7. The Bertz CT molecular complexity index is 1620. The summed E-state index contributed by atoms with van der Waals surface area (Å²) in [6.45, 7) is 0. The molecule has 0 spiro atoms. The predicted octanol–water partition coefficient (Wildman–Crippen LogP) is 7.32. The number of hydrogen-bond acceptors (Lipinski definition) is 7. The zero-order valence-corrected chi connectivity index (χ0v) is 25.4. The van der Waals surface area contributed by atoms with Crippen LogP contribution in [0.25, 0.3) is 22.3 Å². The van der Waals surface area contributed by atoms with Crippen LogP contribution in [-0.4, -0.2) is 40.4 Å². The van der Waals surface area contributed by atoms with E-state index in [9.17, 15) is 35.9 Å². The molecule has 0 radical (unpaired) electrons. The highest BCUT2D eigenvalue weighted by Crippen LogP contribution is 2.40. The van der Waals surface area contributed by atoms with Crippen LogP contribution in [0.4, 0.5) is 32.0 Å². The van der Waals surface area contributed by atoms with Crippen molar-refractivity contribution < 1.29 is 54.9 Å². The molecule has 0 aliphatic carbocycles. The highest BCUT2D eigenvalue weighted by Gasteiger charge is 2.27. The van der Waals surface area contributed by atoms with E-state index in [4.69, 9.17) is 15.2 Å². The highest BCUT2D eigenvalue weighted by molar-refractivity contribution is 14.1. The molecule has 0 heterocycles. The summed E-state index contributed by atoms with van der Waals surface area (Å²) in [4.78, 5) is 23.0. The Hall–Kier alpha value is -4.47. The first-order chi connectivity index (χ1) is 20.8. The number of esters is 2. The van der Waals surface area contributed by atoms with Gasteiger partial charge in [-0.05, 0) is 59.0 Å². The van der Waals surface area contributed by atoms with Gasteiger partial charge < -0.3 is 24.7 Å². The van der Waals surface area contributed by atoms with Crippen molar-refractivity contribution in [2.75, 3.05) is 34.2 Å². The lowest BCUT2D eigenvalue weighted by atomic mass is 9.99. The van der Waals surface area contributed by atoms with Crippen molar-refractivity contribution in [3.63, 3.8) is 0 Å². The maximum atomic E-state index is 14.5. The van der Waals surface area contributed by atoms with Gasteiger partial charge in [0.15, 0.2) is 5.82 Å². The van der Waals surface area contributed by atoms with Crippen molar-refractivity contribution in [2.45, 2.75) is 0 Å². The molecule has 0 bridgehead atoms. The number of carbonyl (C=O) groups excluding carboxylic acids is 2. The molecule has 44 heavy (non-hydrogen) atoms. The first-order valence-electron chi connectivity index (χ1n) is 12.1. The van der Waals surface area contributed by atoms with E-state index >= 15 is 0 Å². The smallest absolute Gasteiger partial charge is 0.340 e. The number of rotatable bonds is 6. The second-order valence-electron chi connectivity index (χ2n) is 8.53. The van der Waals surface area contributed by atoms with Crippen LogP contribution in [0.2, 0.25) is 0 Å². The van der Waals surface area contributed by atoms with Crippen LogP contribution in [0, 0.1) is 38.5 Å². The minimum atomic E-state index is -1.26. The number of hydrogen-bond donors (Lipinski definition) is 1. The van der Waals surface area contributed by atoms with Crippen molar-refractivity contribution in [1.82, 2.24) is 0 Å². The van der Waals surface area contributed by atoms with Crippen molar-refractivity contribution in [1.29, 1.82) is 0 Å². The first-order valence-corrected chi connectivity index (χ1v) is 13.2. The third-order valence-corrected chi connectivity index (χ3v) is 7.17. The Kier molecular flexibility index (Phi) is 11.1. The monoisotopic (exact) mass is 733 g/mol. The van der Waals surface area contributed by atoms with Crippen molar-refractivity contribution >= 4 is 40.2 Å². The summed E-state index contributed by atoms with van der Waals surface area (Å²) in [7, 11) is 4.65. The zero-order valence-electron chi connectivity index (χ0n) is 23.3. The van der Waals surface area contributed by atoms with Gasteiger partial charge in [0.2, 0.25) is 0 Å². The maximum Gasteiger partial charge on any atom is 0.340 e. The molecule has 0 aliphatic rings. The van der Waals surface area contributed by atoms with Gasteiger partial charge >= 0.3 is 11.9 Å². The largest absolute Gasteiger partial charge is 0.496 e. The second kappa shape index (κ2) is 14.3. The fourth-order valence-electron chi connectivity index (χ4n) is 4.06. The van der Waals surface area contributed by atoms with Crippen LogP contribution in [0.15, 0.2) is 48.5 Å². The van der Waals surface area contributed by atoms with E-state index in [1.54, 1.807) is 22.6 Å². The van der Waals surface area contributed by atoms with E-state index in [-0.39, 0.29) is 26.2 Å². The minimum absolute atomic E-state index is 0.0144.